The SMILES string of the molecule is CCc1cccc(C)c1NS(=O)(=O)c1ccc2c(c1)CCCN2C(C)=O. The maximum atomic E-state index is 12.9. The van der Waals surface area contributed by atoms with Crippen LogP contribution in [0.5, 0.6) is 0 Å². The summed E-state index contributed by atoms with van der Waals surface area (Å²) in [6, 6.07) is 10.8. The average molecular weight is 372 g/mol. The van der Waals surface area contributed by atoms with E-state index in [2.05, 4.69) is 4.72 Å². The van der Waals surface area contributed by atoms with Crippen LogP contribution in [0.1, 0.15) is 37.0 Å². The van der Waals surface area contributed by atoms with E-state index in [9.17, 15) is 13.2 Å². The average Bonchev–Trinajstić information content (AvgIpc) is 2.62. The van der Waals surface area contributed by atoms with Crippen molar-refractivity contribution in [2.45, 2.75) is 44.9 Å². The van der Waals surface area contributed by atoms with Crippen LogP contribution in [0.25, 0.3) is 0 Å². The van der Waals surface area contributed by atoms with Crippen LogP contribution >= 0.6 is 0 Å². The fourth-order valence-corrected chi connectivity index (χ4v) is 4.65. The largest absolute Gasteiger partial charge is 0.312 e. The molecule has 0 atom stereocenters. The van der Waals surface area contributed by atoms with Crippen LogP contribution < -0.4 is 9.62 Å². The lowest BCUT2D eigenvalue weighted by atomic mass is 10.0. The molecule has 1 aliphatic rings. The molecule has 0 fully saturated rings. The second-order valence-corrected chi connectivity index (χ2v) is 8.32. The van der Waals surface area contributed by atoms with Crippen LogP contribution in [0, 0.1) is 6.92 Å². The number of hydrogen-bond donors (Lipinski definition) is 1. The molecule has 1 N–H and O–H groups in total. The van der Waals surface area contributed by atoms with E-state index >= 15 is 0 Å². The van der Waals surface area contributed by atoms with Crippen molar-refractivity contribution in [1.29, 1.82) is 0 Å². The summed E-state index contributed by atoms with van der Waals surface area (Å²) in [6.45, 7) is 6.11. The van der Waals surface area contributed by atoms with Gasteiger partial charge >= 0.3 is 0 Å². The van der Waals surface area contributed by atoms with Gasteiger partial charge in [0.15, 0.2) is 0 Å². The number of aryl methyl sites for hydroxylation is 3. The Morgan fingerprint density at radius 2 is 2.00 bits per heavy atom. The zero-order valence-electron chi connectivity index (χ0n) is 15.4. The van der Waals surface area contributed by atoms with Crippen LogP contribution in [0.2, 0.25) is 0 Å². The first kappa shape index (κ1) is 18.5. The van der Waals surface area contributed by atoms with Gasteiger partial charge in [0.1, 0.15) is 0 Å². The number of sulfonamides is 1. The number of amides is 1. The van der Waals surface area contributed by atoms with Crippen LogP contribution in [-0.4, -0.2) is 20.9 Å². The van der Waals surface area contributed by atoms with Gasteiger partial charge in [-0.1, -0.05) is 25.1 Å². The zero-order chi connectivity index (χ0) is 18.9. The Morgan fingerprint density at radius 3 is 2.69 bits per heavy atom. The van der Waals surface area contributed by atoms with Crippen molar-refractivity contribution in [3.63, 3.8) is 0 Å². The van der Waals surface area contributed by atoms with Gasteiger partial charge in [-0.3, -0.25) is 9.52 Å². The molecule has 0 spiro atoms. The van der Waals surface area contributed by atoms with Crippen LogP contribution in [0.15, 0.2) is 41.3 Å². The normalized spacial score (nSPS) is 14.0. The van der Waals surface area contributed by atoms with Gasteiger partial charge in [-0.2, -0.15) is 0 Å². The summed E-state index contributed by atoms with van der Waals surface area (Å²) in [5.74, 6) is -0.0211. The standard InChI is InChI=1S/C20H24N2O3S/c1-4-16-8-5-7-14(2)20(16)21-26(24,25)18-10-11-19-17(13-18)9-6-12-22(19)15(3)23/h5,7-8,10-11,13,21H,4,6,9,12H2,1-3H3. The van der Waals surface area contributed by atoms with Gasteiger partial charge in [-0.25, -0.2) is 8.42 Å². The van der Waals surface area contributed by atoms with Crippen molar-refractivity contribution in [1.82, 2.24) is 0 Å². The van der Waals surface area contributed by atoms with Crippen LogP contribution in [0.3, 0.4) is 0 Å². The number of carbonyl (C=O) groups is 1. The summed E-state index contributed by atoms with van der Waals surface area (Å²) in [5, 5.41) is 0. The molecule has 0 radical (unpaired) electrons. The predicted octanol–water partition coefficient (Wildman–Crippen LogP) is 3.66. The Bertz CT molecular complexity index is 952. The maximum absolute atomic E-state index is 12.9. The smallest absolute Gasteiger partial charge is 0.261 e. The molecule has 1 amide bonds. The van der Waals surface area contributed by atoms with E-state index in [4.69, 9.17) is 0 Å². The molecule has 0 saturated heterocycles. The fraction of sp³-hybridized carbons (Fsp3) is 0.350. The Kier molecular flexibility index (Phi) is 5.05. The first-order valence-corrected chi connectivity index (χ1v) is 10.3. The highest BCUT2D eigenvalue weighted by Gasteiger charge is 2.23. The van der Waals surface area contributed by atoms with E-state index in [1.165, 1.54) is 6.92 Å². The minimum Gasteiger partial charge on any atom is -0.312 e. The number of anilines is 2. The molecule has 2 aromatic carbocycles. The lowest BCUT2D eigenvalue weighted by Crippen LogP contribution is -2.33. The molecule has 0 bridgehead atoms. The molecule has 138 valence electrons. The summed E-state index contributed by atoms with van der Waals surface area (Å²) in [4.78, 5) is 13.7. The molecule has 0 unspecified atom stereocenters. The molecule has 6 heteroatoms. The van der Waals surface area contributed by atoms with Crippen molar-refractivity contribution < 1.29 is 13.2 Å². The Morgan fingerprint density at radius 1 is 1.23 bits per heavy atom. The van der Waals surface area contributed by atoms with Gasteiger partial charge in [-0.15, -0.1) is 0 Å². The summed E-state index contributed by atoms with van der Waals surface area (Å²) in [7, 11) is -3.69. The van der Waals surface area contributed by atoms with Gasteiger partial charge in [0, 0.05) is 19.2 Å². The first-order chi connectivity index (χ1) is 12.3. The number of carbonyl (C=O) groups excluding carboxylic acids is 1. The van der Waals surface area contributed by atoms with E-state index in [1.807, 2.05) is 32.0 Å². The molecule has 0 saturated carbocycles. The van der Waals surface area contributed by atoms with E-state index in [0.717, 1.165) is 41.6 Å². The summed E-state index contributed by atoms with van der Waals surface area (Å²) in [5.41, 5.74) is 4.23. The Hall–Kier alpha value is -2.34. The number of rotatable bonds is 4. The van der Waals surface area contributed by atoms with E-state index in [-0.39, 0.29) is 10.8 Å². The van der Waals surface area contributed by atoms with Crippen molar-refractivity contribution in [3.05, 3.63) is 53.1 Å². The van der Waals surface area contributed by atoms with Crippen molar-refractivity contribution >= 4 is 27.3 Å². The number of benzene rings is 2. The monoisotopic (exact) mass is 372 g/mol. The third kappa shape index (κ3) is 3.46. The van der Waals surface area contributed by atoms with E-state index in [1.54, 1.807) is 23.1 Å². The minimum absolute atomic E-state index is 0.0211. The second-order valence-electron chi connectivity index (χ2n) is 6.63. The first-order valence-electron chi connectivity index (χ1n) is 8.86. The van der Waals surface area contributed by atoms with Crippen molar-refractivity contribution in [2.24, 2.45) is 0 Å². The number of para-hydroxylation sites is 1. The van der Waals surface area contributed by atoms with E-state index in [0.29, 0.717) is 12.2 Å². The fourth-order valence-electron chi connectivity index (χ4n) is 3.43. The Balaban J connectivity index is 1.98. The number of nitrogens with one attached hydrogen (secondary N) is 1. The molecule has 3 rings (SSSR count). The lowest BCUT2D eigenvalue weighted by Gasteiger charge is -2.29. The molecule has 1 aliphatic heterocycles. The summed E-state index contributed by atoms with van der Waals surface area (Å²) in [6.07, 6.45) is 2.35. The molecule has 5 nitrogen and oxygen atoms in total. The summed E-state index contributed by atoms with van der Waals surface area (Å²) >= 11 is 0. The van der Waals surface area contributed by atoms with Gasteiger partial charge in [0.2, 0.25) is 5.91 Å². The third-order valence-corrected chi connectivity index (χ3v) is 6.18. The van der Waals surface area contributed by atoms with Gasteiger partial charge in [-0.05, 0) is 61.1 Å². The maximum Gasteiger partial charge on any atom is 0.261 e. The minimum atomic E-state index is -3.69. The molecule has 2 aromatic rings. The third-order valence-electron chi connectivity index (χ3n) is 4.84. The second kappa shape index (κ2) is 7.11. The van der Waals surface area contributed by atoms with E-state index < -0.39 is 10.0 Å². The molecular weight excluding hydrogens is 348 g/mol. The predicted molar refractivity (Wildman–Crippen MR) is 104 cm³/mol. The van der Waals surface area contributed by atoms with Crippen LogP contribution in [-0.2, 0) is 27.7 Å². The van der Waals surface area contributed by atoms with Crippen LogP contribution in [0.4, 0.5) is 11.4 Å². The highest BCUT2D eigenvalue weighted by Crippen LogP contribution is 2.31. The molecule has 0 aliphatic carbocycles. The number of nitrogens with zero attached hydrogens (tertiary/aromatic N) is 1. The van der Waals surface area contributed by atoms with Gasteiger partial charge in [0.05, 0.1) is 10.6 Å². The van der Waals surface area contributed by atoms with Gasteiger partial charge in [0.25, 0.3) is 10.0 Å². The molecule has 26 heavy (non-hydrogen) atoms. The summed E-state index contributed by atoms with van der Waals surface area (Å²) < 4.78 is 28.6. The number of fused-ring (bicyclic) bond motifs is 1. The highest BCUT2D eigenvalue weighted by molar-refractivity contribution is 7.92. The van der Waals surface area contributed by atoms with Crippen molar-refractivity contribution in [2.75, 3.05) is 16.2 Å². The van der Waals surface area contributed by atoms with Crippen molar-refractivity contribution in [3.8, 4) is 0 Å². The lowest BCUT2D eigenvalue weighted by molar-refractivity contribution is -0.116. The molecular formula is C20H24N2O3S. The zero-order valence-corrected chi connectivity index (χ0v) is 16.2. The molecule has 0 aromatic heterocycles. The molecule has 1 heterocycles. The highest BCUT2D eigenvalue weighted by atomic mass is 32.2. The van der Waals surface area contributed by atoms with Gasteiger partial charge < -0.3 is 4.90 Å². The quantitative estimate of drug-likeness (QED) is 0.891. The number of hydrogen-bond acceptors (Lipinski definition) is 3. The Labute approximate surface area is 155 Å². The topological polar surface area (TPSA) is 66.5 Å².